The second-order valence-corrected chi connectivity index (χ2v) is 7.28. The van der Waals surface area contributed by atoms with Gasteiger partial charge in [-0.05, 0) is 48.6 Å². The summed E-state index contributed by atoms with van der Waals surface area (Å²) in [6.45, 7) is 0. The Labute approximate surface area is 182 Å². The van der Waals surface area contributed by atoms with Gasteiger partial charge in [-0.2, -0.15) is 0 Å². The van der Waals surface area contributed by atoms with Crippen LogP contribution in [0.2, 0.25) is 5.02 Å². The third kappa shape index (κ3) is 4.14. The molecule has 1 aliphatic rings. The van der Waals surface area contributed by atoms with Crippen molar-refractivity contribution in [2.75, 3.05) is 19.2 Å². The zero-order valence-corrected chi connectivity index (χ0v) is 17.6. The molecule has 0 unspecified atom stereocenters. The van der Waals surface area contributed by atoms with Gasteiger partial charge in [0.25, 0.3) is 0 Å². The minimum atomic E-state index is -0.0584. The maximum absolute atomic E-state index is 6.26. The summed E-state index contributed by atoms with van der Waals surface area (Å²) in [6, 6.07) is 23.7. The fourth-order valence-electron chi connectivity index (χ4n) is 3.56. The summed E-state index contributed by atoms with van der Waals surface area (Å²) in [7, 11) is 3.37. The number of ether oxygens (including phenoxy) is 2. The molecule has 0 saturated heterocycles. The molecule has 0 aliphatic carbocycles. The van der Waals surface area contributed by atoms with E-state index in [-0.39, 0.29) is 6.04 Å². The molecule has 30 heavy (non-hydrogen) atoms. The van der Waals surface area contributed by atoms with E-state index in [0.717, 1.165) is 34.0 Å². The van der Waals surface area contributed by atoms with Crippen molar-refractivity contribution in [1.82, 2.24) is 5.43 Å². The minimum Gasteiger partial charge on any atom is -0.496 e. The third-order valence-corrected chi connectivity index (χ3v) is 5.23. The molecule has 0 amide bonds. The van der Waals surface area contributed by atoms with Crippen molar-refractivity contribution in [1.29, 1.82) is 0 Å². The van der Waals surface area contributed by atoms with E-state index in [2.05, 4.69) is 22.6 Å². The molecule has 152 valence electrons. The van der Waals surface area contributed by atoms with Gasteiger partial charge in [0.15, 0.2) is 0 Å². The number of hydrogen-bond donors (Lipinski definition) is 1. The largest absolute Gasteiger partial charge is 0.496 e. The van der Waals surface area contributed by atoms with Gasteiger partial charge in [-0.25, -0.2) is 0 Å². The first-order valence-corrected chi connectivity index (χ1v) is 10.0. The standard InChI is InChI=1S/C25H23ClN2O2/c1-29-24-12-5-3-8-18(24)14-15-20-17-23(22-11-4-6-13-25(22)30-2)28(27-20)21-10-7-9-19(26)16-21/h3-17,23,27H,1-2H3/b15-14+/t23-/m1/s1. The molecular weight excluding hydrogens is 396 g/mol. The van der Waals surface area contributed by atoms with E-state index in [4.69, 9.17) is 21.1 Å². The number of hydrazine groups is 1. The van der Waals surface area contributed by atoms with Gasteiger partial charge < -0.3 is 9.47 Å². The lowest BCUT2D eigenvalue weighted by Gasteiger charge is -2.28. The fourth-order valence-corrected chi connectivity index (χ4v) is 3.74. The number of rotatable bonds is 6. The predicted molar refractivity (Wildman–Crippen MR) is 123 cm³/mol. The van der Waals surface area contributed by atoms with Gasteiger partial charge in [0, 0.05) is 16.1 Å². The molecule has 0 aromatic heterocycles. The van der Waals surface area contributed by atoms with Crippen molar-refractivity contribution in [2.24, 2.45) is 0 Å². The molecule has 3 aromatic carbocycles. The second-order valence-electron chi connectivity index (χ2n) is 6.85. The molecule has 0 spiro atoms. The molecule has 4 nitrogen and oxygen atoms in total. The highest BCUT2D eigenvalue weighted by atomic mass is 35.5. The Bertz CT molecular complexity index is 1090. The molecule has 1 atom stereocenters. The normalized spacial score (nSPS) is 15.8. The molecule has 0 fully saturated rings. The topological polar surface area (TPSA) is 33.7 Å². The lowest BCUT2D eigenvalue weighted by atomic mass is 10.0. The molecule has 1 aliphatic heterocycles. The number of allylic oxidation sites excluding steroid dienone is 1. The third-order valence-electron chi connectivity index (χ3n) is 4.99. The van der Waals surface area contributed by atoms with Gasteiger partial charge >= 0.3 is 0 Å². The number of benzene rings is 3. The summed E-state index contributed by atoms with van der Waals surface area (Å²) in [5.41, 5.74) is 7.51. The molecular formula is C25H23ClN2O2. The number of anilines is 1. The van der Waals surface area contributed by atoms with Gasteiger partial charge in [-0.15, -0.1) is 0 Å². The van der Waals surface area contributed by atoms with Gasteiger partial charge in [0.1, 0.15) is 11.5 Å². The van der Waals surface area contributed by atoms with Crippen LogP contribution in [0.25, 0.3) is 6.08 Å². The second kappa shape index (κ2) is 8.97. The van der Waals surface area contributed by atoms with Crippen molar-refractivity contribution >= 4 is 23.4 Å². The highest BCUT2D eigenvalue weighted by Gasteiger charge is 2.28. The number of nitrogens with one attached hydrogen (secondary N) is 1. The Morgan fingerprint density at radius 2 is 1.60 bits per heavy atom. The highest BCUT2D eigenvalue weighted by Crippen LogP contribution is 2.37. The number of hydrogen-bond acceptors (Lipinski definition) is 4. The van der Waals surface area contributed by atoms with Crippen LogP contribution in [0.5, 0.6) is 11.5 Å². The van der Waals surface area contributed by atoms with Crippen LogP contribution in [0, 0.1) is 0 Å². The van der Waals surface area contributed by atoms with Crippen LogP contribution in [0.15, 0.2) is 90.6 Å². The van der Waals surface area contributed by atoms with Crippen molar-refractivity contribution in [3.8, 4) is 11.5 Å². The average molecular weight is 419 g/mol. The van der Waals surface area contributed by atoms with Crippen molar-refractivity contribution < 1.29 is 9.47 Å². The monoisotopic (exact) mass is 418 g/mol. The van der Waals surface area contributed by atoms with Crippen LogP contribution >= 0.6 is 11.6 Å². The van der Waals surface area contributed by atoms with Crippen molar-refractivity contribution in [3.05, 3.63) is 107 Å². The minimum absolute atomic E-state index is 0.0584. The number of methoxy groups -OCH3 is 2. The van der Waals surface area contributed by atoms with E-state index in [1.54, 1.807) is 14.2 Å². The van der Waals surface area contributed by atoms with Crippen molar-refractivity contribution in [3.63, 3.8) is 0 Å². The first-order valence-electron chi connectivity index (χ1n) is 9.67. The lowest BCUT2D eigenvalue weighted by molar-refractivity contribution is 0.407. The van der Waals surface area contributed by atoms with Gasteiger partial charge in [-0.3, -0.25) is 10.4 Å². The van der Waals surface area contributed by atoms with Crippen LogP contribution in [-0.4, -0.2) is 14.2 Å². The first-order chi connectivity index (χ1) is 14.7. The molecule has 5 heteroatoms. The summed E-state index contributed by atoms with van der Waals surface area (Å²) >= 11 is 6.26. The number of para-hydroxylation sites is 2. The Morgan fingerprint density at radius 1 is 0.867 bits per heavy atom. The van der Waals surface area contributed by atoms with Crippen molar-refractivity contribution in [2.45, 2.75) is 6.04 Å². The molecule has 3 aromatic rings. The lowest BCUT2D eigenvalue weighted by Crippen LogP contribution is -2.34. The quantitative estimate of drug-likeness (QED) is 0.530. The predicted octanol–water partition coefficient (Wildman–Crippen LogP) is 6.02. The Kier molecular flexibility index (Phi) is 5.96. The SMILES string of the molecule is COc1ccccc1/C=C/C1=C[C@H](c2ccccc2OC)N(c2cccc(Cl)c2)N1. The molecule has 0 saturated carbocycles. The summed E-state index contributed by atoms with van der Waals surface area (Å²) in [4.78, 5) is 0. The fraction of sp³-hybridized carbons (Fsp3) is 0.120. The Balaban J connectivity index is 1.71. The van der Waals surface area contributed by atoms with Crippen LogP contribution in [0.1, 0.15) is 17.2 Å². The summed E-state index contributed by atoms with van der Waals surface area (Å²) in [5.74, 6) is 1.67. The van der Waals surface area contributed by atoms with Crippen LogP contribution in [-0.2, 0) is 0 Å². The number of halogens is 1. The van der Waals surface area contributed by atoms with E-state index in [1.165, 1.54) is 0 Å². The zero-order chi connectivity index (χ0) is 20.9. The van der Waals surface area contributed by atoms with E-state index in [0.29, 0.717) is 5.02 Å². The summed E-state index contributed by atoms with van der Waals surface area (Å²) < 4.78 is 11.1. The maximum atomic E-state index is 6.26. The molecule has 0 bridgehead atoms. The van der Waals surface area contributed by atoms with E-state index in [1.807, 2.05) is 78.9 Å². The molecule has 4 rings (SSSR count). The Hall–Kier alpha value is -3.37. The van der Waals surface area contributed by atoms with Crippen LogP contribution in [0.3, 0.4) is 0 Å². The molecule has 1 N–H and O–H groups in total. The maximum Gasteiger partial charge on any atom is 0.126 e. The van der Waals surface area contributed by atoms with Crippen LogP contribution in [0.4, 0.5) is 5.69 Å². The van der Waals surface area contributed by atoms with E-state index < -0.39 is 0 Å². The van der Waals surface area contributed by atoms with E-state index >= 15 is 0 Å². The smallest absolute Gasteiger partial charge is 0.126 e. The van der Waals surface area contributed by atoms with Gasteiger partial charge in [0.2, 0.25) is 0 Å². The zero-order valence-electron chi connectivity index (χ0n) is 16.9. The molecule has 0 radical (unpaired) electrons. The average Bonchev–Trinajstić information content (AvgIpc) is 3.22. The summed E-state index contributed by atoms with van der Waals surface area (Å²) in [6.07, 6.45) is 6.26. The number of nitrogens with zero attached hydrogens (tertiary/aromatic N) is 1. The van der Waals surface area contributed by atoms with Crippen LogP contribution < -0.4 is 19.9 Å². The van der Waals surface area contributed by atoms with E-state index in [9.17, 15) is 0 Å². The highest BCUT2D eigenvalue weighted by molar-refractivity contribution is 6.30. The molecule has 1 heterocycles. The summed E-state index contributed by atoms with van der Waals surface area (Å²) in [5, 5.41) is 2.78. The van der Waals surface area contributed by atoms with Gasteiger partial charge in [-0.1, -0.05) is 54.1 Å². The first kappa shape index (κ1) is 19.9. The van der Waals surface area contributed by atoms with Gasteiger partial charge in [0.05, 0.1) is 31.6 Å². The Morgan fingerprint density at radius 3 is 2.37 bits per heavy atom.